The molecule has 3 unspecified atom stereocenters. The maximum Gasteiger partial charge on any atom is 0.407 e. The van der Waals surface area contributed by atoms with Crippen molar-refractivity contribution in [3.63, 3.8) is 0 Å². The van der Waals surface area contributed by atoms with Gasteiger partial charge in [0.25, 0.3) is 0 Å². The molecule has 2 amide bonds. The molecule has 0 bridgehead atoms. The van der Waals surface area contributed by atoms with Crippen LogP contribution in [0.3, 0.4) is 0 Å². The first kappa shape index (κ1) is 23.8. The quantitative estimate of drug-likeness (QED) is 0.638. The molecule has 2 aromatic rings. The fourth-order valence-electron chi connectivity index (χ4n) is 5.07. The van der Waals surface area contributed by atoms with E-state index in [1.54, 1.807) is 0 Å². The number of aliphatic carboxylic acids is 1. The van der Waals surface area contributed by atoms with Crippen LogP contribution < -0.4 is 5.32 Å². The Hall–Kier alpha value is -3.35. The number of carboxylic acids is 1. The van der Waals surface area contributed by atoms with Gasteiger partial charge >= 0.3 is 12.1 Å². The van der Waals surface area contributed by atoms with Crippen molar-refractivity contribution in [3.05, 3.63) is 59.7 Å². The standard InChI is InChI=1S/C27H32N2O5/c1-17-11-12-29(24(13-17)26(31)32)25(30)14-18(2)15-28-27(33)34-16-23-21-9-5-3-7-19(21)20-8-4-6-10-22(20)23/h3-10,17-18,23-24H,11-16H2,1-2H3,(H,28,33)(H,31,32). The minimum atomic E-state index is -0.954. The summed E-state index contributed by atoms with van der Waals surface area (Å²) in [6.07, 6.45) is 0.952. The molecule has 7 nitrogen and oxygen atoms in total. The lowest BCUT2D eigenvalue weighted by molar-refractivity contribution is -0.153. The Balaban J connectivity index is 1.27. The SMILES string of the molecule is CC(CNC(=O)OCC1c2ccccc2-c2ccccc21)CC(=O)N1CCC(C)CC1C(=O)O. The van der Waals surface area contributed by atoms with Crippen molar-refractivity contribution in [1.82, 2.24) is 10.2 Å². The summed E-state index contributed by atoms with van der Waals surface area (Å²) in [6, 6.07) is 15.6. The van der Waals surface area contributed by atoms with Gasteiger partial charge in [0.05, 0.1) is 0 Å². The summed E-state index contributed by atoms with van der Waals surface area (Å²) in [5.74, 6) is -0.989. The Labute approximate surface area is 200 Å². The van der Waals surface area contributed by atoms with Crippen molar-refractivity contribution in [1.29, 1.82) is 0 Å². The van der Waals surface area contributed by atoms with E-state index in [9.17, 15) is 19.5 Å². The van der Waals surface area contributed by atoms with Gasteiger partial charge in [-0.15, -0.1) is 0 Å². The first-order chi connectivity index (χ1) is 16.3. The molecule has 3 atom stereocenters. The smallest absolute Gasteiger partial charge is 0.407 e. The zero-order chi connectivity index (χ0) is 24.2. The van der Waals surface area contributed by atoms with E-state index < -0.39 is 18.1 Å². The predicted octanol–water partition coefficient (Wildman–Crippen LogP) is 4.26. The molecule has 0 saturated carbocycles. The third-order valence-electron chi connectivity index (χ3n) is 6.93. The van der Waals surface area contributed by atoms with Crippen LogP contribution in [0.2, 0.25) is 0 Å². The lowest BCUT2D eigenvalue weighted by atomic mass is 9.91. The Morgan fingerprint density at radius 2 is 1.71 bits per heavy atom. The normalized spacial score (nSPS) is 20.2. The lowest BCUT2D eigenvalue weighted by Crippen LogP contribution is -2.50. The Bertz CT molecular complexity index is 1020. The monoisotopic (exact) mass is 464 g/mol. The second kappa shape index (κ2) is 10.3. The Kier molecular flexibility index (Phi) is 7.20. The topological polar surface area (TPSA) is 95.9 Å². The molecule has 2 aromatic carbocycles. The molecule has 34 heavy (non-hydrogen) atoms. The highest BCUT2D eigenvalue weighted by Gasteiger charge is 2.35. The van der Waals surface area contributed by atoms with Crippen molar-refractivity contribution in [3.8, 4) is 11.1 Å². The molecule has 1 heterocycles. The van der Waals surface area contributed by atoms with E-state index in [1.807, 2.05) is 38.1 Å². The highest BCUT2D eigenvalue weighted by Crippen LogP contribution is 2.44. The van der Waals surface area contributed by atoms with Gasteiger partial charge in [0, 0.05) is 25.4 Å². The second-order valence-corrected chi connectivity index (χ2v) is 9.59. The van der Waals surface area contributed by atoms with Gasteiger partial charge in [-0.05, 0) is 46.9 Å². The summed E-state index contributed by atoms with van der Waals surface area (Å²) in [5, 5.41) is 12.2. The highest BCUT2D eigenvalue weighted by molar-refractivity contribution is 5.84. The average molecular weight is 465 g/mol. The number of amides is 2. The third-order valence-corrected chi connectivity index (χ3v) is 6.93. The van der Waals surface area contributed by atoms with Crippen LogP contribution in [0.4, 0.5) is 4.79 Å². The average Bonchev–Trinajstić information content (AvgIpc) is 3.15. The number of nitrogens with one attached hydrogen (secondary N) is 1. The summed E-state index contributed by atoms with van der Waals surface area (Å²) in [5.41, 5.74) is 4.65. The van der Waals surface area contributed by atoms with Gasteiger partial charge in [-0.1, -0.05) is 62.4 Å². The maximum atomic E-state index is 12.7. The van der Waals surface area contributed by atoms with Gasteiger partial charge in [-0.25, -0.2) is 9.59 Å². The van der Waals surface area contributed by atoms with E-state index in [0.29, 0.717) is 13.0 Å². The predicted molar refractivity (Wildman–Crippen MR) is 128 cm³/mol. The summed E-state index contributed by atoms with van der Waals surface area (Å²) in [4.78, 5) is 38.2. The van der Waals surface area contributed by atoms with Gasteiger partial charge in [0.15, 0.2) is 0 Å². The number of carbonyl (C=O) groups excluding carboxylic acids is 2. The Morgan fingerprint density at radius 3 is 2.32 bits per heavy atom. The van der Waals surface area contributed by atoms with Crippen LogP contribution in [0.5, 0.6) is 0 Å². The highest BCUT2D eigenvalue weighted by atomic mass is 16.5. The third kappa shape index (κ3) is 5.08. The van der Waals surface area contributed by atoms with Crippen LogP contribution >= 0.6 is 0 Å². The summed E-state index contributed by atoms with van der Waals surface area (Å²) in [6.45, 7) is 4.86. The maximum absolute atomic E-state index is 12.7. The van der Waals surface area contributed by atoms with E-state index in [1.165, 1.54) is 16.0 Å². The van der Waals surface area contributed by atoms with Crippen molar-refractivity contribution in [2.75, 3.05) is 19.7 Å². The number of benzene rings is 2. The summed E-state index contributed by atoms with van der Waals surface area (Å²) < 4.78 is 5.55. The molecule has 1 aliphatic carbocycles. The summed E-state index contributed by atoms with van der Waals surface area (Å²) in [7, 11) is 0. The Morgan fingerprint density at radius 1 is 1.09 bits per heavy atom. The fraction of sp³-hybridized carbons (Fsp3) is 0.444. The van der Waals surface area contributed by atoms with E-state index in [4.69, 9.17) is 4.74 Å². The molecule has 2 aliphatic rings. The van der Waals surface area contributed by atoms with Crippen molar-refractivity contribution in [2.24, 2.45) is 11.8 Å². The number of alkyl carbamates (subject to hydrolysis) is 1. The number of carboxylic acid groups (broad SMARTS) is 1. The summed E-state index contributed by atoms with van der Waals surface area (Å²) >= 11 is 0. The molecule has 2 N–H and O–H groups in total. The van der Waals surface area contributed by atoms with E-state index >= 15 is 0 Å². The number of carbonyl (C=O) groups is 3. The van der Waals surface area contributed by atoms with E-state index in [0.717, 1.165) is 17.5 Å². The number of nitrogens with zero attached hydrogens (tertiary/aromatic N) is 1. The molecule has 7 heteroatoms. The molecule has 0 spiro atoms. The van der Waals surface area contributed by atoms with Crippen LogP contribution in [0.15, 0.2) is 48.5 Å². The van der Waals surface area contributed by atoms with Crippen molar-refractivity contribution >= 4 is 18.0 Å². The minimum Gasteiger partial charge on any atom is -0.480 e. The molecule has 180 valence electrons. The number of ether oxygens (including phenoxy) is 1. The zero-order valence-electron chi connectivity index (χ0n) is 19.7. The van der Waals surface area contributed by atoms with Gasteiger partial charge in [-0.3, -0.25) is 4.79 Å². The van der Waals surface area contributed by atoms with Gasteiger partial charge < -0.3 is 20.1 Å². The van der Waals surface area contributed by atoms with Crippen LogP contribution in [0, 0.1) is 11.8 Å². The van der Waals surface area contributed by atoms with E-state index in [-0.39, 0.29) is 43.2 Å². The van der Waals surface area contributed by atoms with Crippen molar-refractivity contribution in [2.45, 2.75) is 45.1 Å². The number of hydrogen-bond donors (Lipinski definition) is 2. The first-order valence-corrected chi connectivity index (χ1v) is 12.0. The molecule has 4 rings (SSSR count). The van der Waals surface area contributed by atoms with Crippen LogP contribution in [-0.4, -0.2) is 53.7 Å². The van der Waals surface area contributed by atoms with Gasteiger partial charge in [-0.2, -0.15) is 0 Å². The fourth-order valence-corrected chi connectivity index (χ4v) is 5.07. The molecule has 1 aliphatic heterocycles. The minimum absolute atomic E-state index is 0.00778. The van der Waals surface area contributed by atoms with Crippen molar-refractivity contribution < 1.29 is 24.2 Å². The van der Waals surface area contributed by atoms with Gasteiger partial charge in [0.1, 0.15) is 12.6 Å². The lowest BCUT2D eigenvalue weighted by Gasteiger charge is -2.36. The van der Waals surface area contributed by atoms with Crippen LogP contribution in [-0.2, 0) is 14.3 Å². The molecule has 1 saturated heterocycles. The number of fused-ring (bicyclic) bond motifs is 3. The first-order valence-electron chi connectivity index (χ1n) is 12.0. The number of likely N-dealkylation sites (tertiary alicyclic amines) is 1. The number of piperidine rings is 1. The second-order valence-electron chi connectivity index (χ2n) is 9.59. The molecular weight excluding hydrogens is 432 g/mol. The largest absolute Gasteiger partial charge is 0.480 e. The zero-order valence-corrected chi connectivity index (χ0v) is 19.7. The molecule has 1 fully saturated rings. The molecule has 0 aromatic heterocycles. The van der Waals surface area contributed by atoms with Gasteiger partial charge in [0.2, 0.25) is 5.91 Å². The van der Waals surface area contributed by atoms with E-state index in [2.05, 4.69) is 29.6 Å². The molecular formula is C27H32N2O5. The van der Waals surface area contributed by atoms with Crippen LogP contribution in [0.25, 0.3) is 11.1 Å². The number of hydrogen-bond acceptors (Lipinski definition) is 4. The molecule has 0 radical (unpaired) electrons. The number of rotatable bonds is 7. The van der Waals surface area contributed by atoms with Crippen LogP contribution in [0.1, 0.15) is 50.2 Å².